The second kappa shape index (κ2) is 10.0. The van der Waals surface area contributed by atoms with E-state index in [9.17, 15) is 8.42 Å². The van der Waals surface area contributed by atoms with Gasteiger partial charge in [-0.25, -0.2) is 5.06 Å². The standard InChI is InChI=1S/C23H31NO3S2/c1-4-7-9-18-12-14-22-21(16-18)24(27-29(25,26)15-6-3)20-13-11-19(10-8-5-2)17-23(20)28-22/h11-14,16-17H,4-10,15H2,1-3H3. The van der Waals surface area contributed by atoms with E-state index < -0.39 is 10.1 Å². The van der Waals surface area contributed by atoms with Gasteiger partial charge < -0.3 is 0 Å². The molecule has 158 valence electrons. The average Bonchev–Trinajstić information content (AvgIpc) is 2.70. The van der Waals surface area contributed by atoms with E-state index in [0.717, 1.165) is 59.7 Å². The van der Waals surface area contributed by atoms with E-state index in [1.807, 2.05) is 13.0 Å². The Morgan fingerprint density at radius 1 is 0.828 bits per heavy atom. The highest BCUT2D eigenvalue weighted by Gasteiger charge is 2.29. The molecule has 0 saturated carbocycles. The van der Waals surface area contributed by atoms with Crippen molar-refractivity contribution in [2.24, 2.45) is 0 Å². The first-order valence-electron chi connectivity index (χ1n) is 10.6. The van der Waals surface area contributed by atoms with Crippen molar-refractivity contribution in [2.45, 2.75) is 75.5 Å². The summed E-state index contributed by atoms with van der Waals surface area (Å²) in [6.45, 7) is 6.21. The highest BCUT2D eigenvalue weighted by molar-refractivity contribution is 7.99. The van der Waals surface area contributed by atoms with Crippen LogP contribution in [0.3, 0.4) is 0 Å². The molecule has 0 N–H and O–H groups in total. The minimum Gasteiger partial charge on any atom is -0.202 e. The number of fused-ring (bicyclic) bond motifs is 2. The number of hydrogen-bond acceptors (Lipinski definition) is 5. The summed E-state index contributed by atoms with van der Waals surface area (Å²) in [4.78, 5) is 2.07. The molecule has 6 heteroatoms. The van der Waals surface area contributed by atoms with Crippen molar-refractivity contribution in [3.63, 3.8) is 0 Å². The summed E-state index contributed by atoms with van der Waals surface area (Å²) >= 11 is 1.69. The number of benzene rings is 2. The molecule has 0 fully saturated rings. The minimum atomic E-state index is -3.65. The molecule has 1 aliphatic heterocycles. The molecule has 29 heavy (non-hydrogen) atoms. The lowest BCUT2D eigenvalue weighted by Crippen LogP contribution is -2.26. The van der Waals surface area contributed by atoms with E-state index in [2.05, 4.69) is 44.2 Å². The summed E-state index contributed by atoms with van der Waals surface area (Å²) < 4.78 is 30.7. The van der Waals surface area contributed by atoms with Gasteiger partial charge in [0.15, 0.2) is 0 Å². The van der Waals surface area contributed by atoms with E-state index in [1.165, 1.54) is 16.2 Å². The highest BCUT2D eigenvalue weighted by atomic mass is 32.2. The maximum atomic E-state index is 12.5. The quantitative estimate of drug-likeness (QED) is 0.420. The zero-order chi connectivity index (χ0) is 20.9. The van der Waals surface area contributed by atoms with Gasteiger partial charge in [0.05, 0.1) is 17.1 Å². The third-order valence-electron chi connectivity index (χ3n) is 4.99. The molecule has 0 atom stereocenters. The molecule has 3 rings (SSSR count). The average molecular weight is 434 g/mol. The second-order valence-corrected chi connectivity index (χ2v) is 10.3. The topological polar surface area (TPSA) is 46.6 Å². The molecule has 0 aliphatic carbocycles. The second-order valence-electron chi connectivity index (χ2n) is 7.54. The monoisotopic (exact) mass is 433 g/mol. The molecule has 1 aliphatic rings. The number of rotatable bonds is 10. The smallest absolute Gasteiger partial charge is 0.202 e. The molecule has 2 aromatic carbocycles. The van der Waals surface area contributed by atoms with Crippen LogP contribution in [0.1, 0.15) is 64.0 Å². The Hall–Kier alpha value is -1.50. The first-order chi connectivity index (χ1) is 14.0. The van der Waals surface area contributed by atoms with Gasteiger partial charge >= 0.3 is 0 Å². The van der Waals surface area contributed by atoms with Crippen LogP contribution < -0.4 is 5.06 Å². The molecule has 4 nitrogen and oxygen atoms in total. The van der Waals surface area contributed by atoms with Crippen molar-refractivity contribution >= 4 is 33.3 Å². The third kappa shape index (κ3) is 5.56. The van der Waals surface area contributed by atoms with Gasteiger partial charge in [0, 0.05) is 9.79 Å². The van der Waals surface area contributed by atoms with Crippen molar-refractivity contribution in [2.75, 3.05) is 10.8 Å². The van der Waals surface area contributed by atoms with Crippen LogP contribution in [0.15, 0.2) is 46.2 Å². The number of unbranched alkanes of at least 4 members (excludes halogenated alkanes) is 2. The molecule has 0 amide bonds. The number of aryl methyl sites for hydroxylation is 2. The molecule has 0 spiro atoms. The van der Waals surface area contributed by atoms with Gasteiger partial charge in [-0.1, -0.05) is 57.5 Å². The molecule has 1 heterocycles. The van der Waals surface area contributed by atoms with Gasteiger partial charge in [0.1, 0.15) is 0 Å². The van der Waals surface area contributed by atoms with Gasteiger partial charge in [0.2, 0.25) is 0 Å². The third-order valence-corrected chi connectivity index (χ3v) is 7.38. The van der Waals surface area contributed by atoms with E-state index in [1.54, 1.807) is 11.8 Å². The molecule has 0 bridgehead atoms. The number of nitrogens with zero attached hydrogens (tertiary/aromatic N) is 1. The fourth-order valence-electron chi connectivity index (χ4n) is 3.42. The molecular weight excluding hydrogens is 402 g/mol. The fraction of sp³-hybridized carbons (Fsp3) is 0.478. The Kier molecular flexibility index (Phi) is 7.66. The van der Waals surface area contributed by atoms with Gasteiger partial charge in [-0.15, -0.1) is 4.28 Å². The van der Waals surface area contributed by atoms with E-state index >= 15 is 0 Å². The summed E-state index contributed by atoms with van der Waals surface area (Å²) in [5.74, 6) is 0.00538. The highest BCUT2D eigenvalue weighted by Crippen LogP contribution is 2.49. The Labute approximate surface area is 179 Å². The molecule has 0 unspecified atom stereocenters. The predicted octanol–water partition coefficient (Wildman–Crippen LogP) is 6.65. The van der Waals surface area contributed by atoms with Gasteiger partial charge in [-0.3, -0.25) is 0 Å². The van der Waals surface area contributed by atoms with Crippen molar-refractivity contribution < 1.29 is 12.7 Å². The summed E-state index contributed by atoms with van der Waals surface area (Å²) in [7, 11) is -3.65. The van der Waals surface area contributed by atoms with Crippen LogP contribution in [-0.4, -0.2) is 14.2 Å². The Balaban J connectivity index is 2.01. The van der Waals surface area contributed by atoms with E-state index in [-0.39, 0.29) is 5.75 Å². The summed E-state index contributed by atoms with van der Waals surface area (Å²) in [5.41, 5.74) is 4.10. The van der Waals surface area contributed by atoms with Crippen molar-refractivity contribution in [3.05, 3.63) is 47.5 Å². The molecule has 2 aromatic rings. The van der Waals surface area contributed by atoms with Crippen LogP contribution in [0, 0.1) is 0 Å². The van der Waals surface area contributed by atoms with Gasteiger partial charge in [-0.05, 0) is 67.5 Å². The SMILES string of the molecule is CCCCc1ccc2c(c1)Sc1ccc(CCCC)cc1N2OS(=O)(=O)CCC. The van der Waals surface area contributed by atoms with Gasteiger partial charge in [-0.2, -0.15) is 8.42 Å². The van der Waals surface area contributed by atoms with Crippen LogP contribution in [0.25, 0.3) is 0 Å². The summed E-state index contributed by atoms with van der Waals surface area (Å²) in [6, 6.07) is 12.6. The summed E-state index contributed by atoms with van der Waals surface area (Å²) in [5, 5.41) is 1.53. The maximum Gasteiger partial charge on any atom is 0.288 e. The predicted molar refractivity (Wildman–Crippen MR) is 122 cm³/mol. The first kappa shape index (κ1) is 22.2. The van der Waals surface area contributed by atoms with Crippen LogP contribution in [0.5, 0.6) is 0 Å². The normalized spacial score (nSPS) is 13.3. The zero-order valence-corrected chi connectivity index (χ0v) is 19.2. The van der Waals surface area contributed by atoms with Crippen molar-refractivity contribution in [1.82, 2.24) is 0 Å². The van der Waals surface area contributed by atoms with Crippen LogP contribution in [0.4, 0.5) is 11.4 Å². The lowest BCUT2D eigenvalue weighted by molar-refractivity contribution is 0.319. The van der Waals surface area contributed by atoms with E-state index in [0.29, 0.717) is 6.42 Å². The van der Waals surface area contributed by atoms with E-state index in [4.69, 9.17) is 4.28 Å². The minimum absolute atomic E-state index is 0.00538. The Morgan fingerprint density at radius 2 is 1.48 bits per heavy atom. The first-order valence-corrected chi connectivity index (χ1v) is 13.0. The zero-order valence-electron chi connectivity index (χ0n) is 17.6. The molecule has 0 aromatic heterocycles. The van der Waals surface area contributed by atoms with Crippen molar-refractivity contribution in [1.29, 1.82) is 0 Å². The summed E-state index contributed by atoms with van der Waals surface area (Å²) in [6.07, 6.45) is 7.06. The van der Waals surface area contributed by atoms with Crippen molar-refractivity contribution in [3.8, 4) is 0 Å². The van der Waals surface area contributed by atoms with Crippen LogP contribution >= 0.6 is 11.8 Å². The Bertz CT molecular complexity index is 941. The Morgan fingerprint density at radius 3 is 2.14 bits per heavy atom. The molecule has 0 radical (unpaired) electrons. The maximum absolute atomic E-state index is 12.5. The molecular formula is C23H31NO3S2. The lowest BCUT2D eigenvalue weighted by Gasteiger charge is -2.31. The largest absolute Gasteiger partial charge is 0.288 e. The van der Waals surface area contributed by atoms with Gasteiger partial charge in [0.25, 0.3) is 10.1 Å². The molecule has 0 saturated heterocycles. The lowest BCUT2D eigenvalue weighted by atomic mass is 10.1. The number of hydrogen-bond donors (Lipinski definition) is 0. The van der Waals surface area contributed by atoms with Crippen LogP contribution in [0.2, 0.25) is 0 Å². The number of anilines is 2. The fourth-order valence-corrected chi connectivity index (χ4v) is 5.47. The van der Waals surface area contributed by atoms with Crippen LogP contribution in [-0.2, 0) is 27.2 Å².